The number of halogens is 3. The van der Waals surface area contributed by atoms with E-state index < -0.39 is 36.2 Å². The van der Waals surface area contributed by atoms with Crippen LogP contribution in [0.4, 0.5) is 18.0 Å². The molecule has 0 spiro atoms. The second-order valence-electron chi connectivity index (χ2n) is 6.87. The van der Waals surface area contributed by atoms with Crippen LogP contribution >= 0.6 is 0 Å². The molecule has 9 heteroatoms. The molecule has 1 fully saturated rings. The summed E-state index contributed by atoms with van der Waals surface area (Å²) in [5.41, 5.74) is 0.608. The van der Waals surface area contributed by atoms with E-state index in [-0.39, 0.29) is 18.6 Å². The molecule has 0 saturated carbocycles. The first kappa shape index (κ1) is 21.6. The van der Waals surface area contributed by atoms with Gasteiger partial charge in [-0.2, -0.15) is 13.2 Å². The van der Waals surface area contributed by atoms with Gasteiger partial charge in [-0.05, 0) is 29.7 Å². The van der Waals surface area contributed by atoms with Gasteiger partial charge in [0.25, 0.3) is 0 Å². The van der Waals surface area contributed by atoms with Crippen LogP contribution in [-0.4, -0.2) is 47.9 Å². The highest BCUT2D eigenvalue weighted by Crippen LogP contribution is 2.39. The minimum Gasteiger partial charge on any atom is -0.497 e. The molecule has 1 N–H and O–H groups in total. The van der Waals surface area contributed by atoms with E-state index in [0.717, 1.165) is 5.56 Å². The number of aliphatic hydroxyl groups excluding tert-OH is 1. The topological polar surface area (TPSA) is 76.1 Å². The predicted molar refractivity (Wildman–Crippen MR) is 99.6 cm³/mol. The molecule has 1 heterocycles. The Balaban J connectivity index is 1.88. The van der Waals surface area contributed by atoms with Crippen LogP contribution < -0.4 is 4.74 Å². The summed E-state index contributed by atoms with van der Waals surface area (Å²) in [6.45, 7) is -0.220. The molecular formula is C21H20F3NO5. The number of cyclic esters (lactones) is 1. The molecule has 0 radical (unpaired) electrons. The number of benzene rings is 2. The van der Waals surface area contributed by atoms with E-state index in [0.29, 0.717) is 10.6 Å². The van der Waals surface area contributed by atoms with Gasteiger partial charge in [-0.1, -0.05) is 42.5 Å². The van der Waals surface area contributed by atoms with Crippen LogP contribution in [0.3, 0.4) is 0 Å². The first-order valence-corrected chi connectivity index (χ1v) is 9.15. The summed E-state index contributed by atoms with van der Waals surface area (Å²) in [6, 6.07) is 13.0. The van der Waals surface area contributed by atoms with E-state index in [9.17, 15) is 27.9 Å². The highest BCUT2D eigenvalue weighted by atomic mass is 19.4. The van der Waals surface area contributed by atoms with E-state index in [2.05, 4.69) is 0 Å². The van der Waals surface area contributed by atoms with Gasteiger partial charge in [0, 0.05) is 0 Å². The van der Waals surface area contributed by atoms with Gasteiger partial charge in [-0.3, -0.25) is 4.79 Å². The normalized spacial score (nSPS) is 18.6. The molecule has 0 bridgehead atoms. The number of amides is 2. The second kappa shape index (κ2) is 8.74. The summed E-state index contributed by atoms with van der Waals surface area (Å²) >= 11 is 0. The Kier molecular flexibility index (Phi) is 6.31. The Hall–Kier alpha value is -3.07. The van der Waals surface area contributed by atoms with Crippen molar-refractivity contribution in [1.29, 1.82) is 0 Å². The number of imide groups is 1. The fourth-order valence-corrected chi connectivity index (χ4v) is 3.36. The van der Waals surface area contributed by atoms with Crippen molar-refractivity contribution in [1.82, 2.24) is 4.90 Å². The summed E-state index contributed by atoms with van der Waals surface area (Å²) in [4.78, 5) is 25.4. The first-order chi connectivity index (χ1) is 14.2. The summed E-state index contributed by atoms with van der Waals surface area (Å²) in [5.74, 6) is -3.99. The average molecular weight is 423 g/mol. The van der Waals surface area contributed by atoms with E-state index in [1.165, 1.54) is 31.4 Å². The van der Waals surface area contributed by atoms with Crippen LogP contribution in [0, 0.1) is 5.92 Å². The van der Waals surface area contributed by atoms with Crippen LogP contribution in [0.5, 0.6) is 5.75 Å². The summed E-state index contributed by atoms with van der Waals surface area (Å²) in [7, 11) is 1.39. The molecule has 1 aliphatic rings. The SMILES string of the molecule is COc1ccc([C@H](O)[C@@H](C(=O)N2C(=O)OC[C@@H]2Cc2ccccc2)C(F)(F)F)cc1. The molecule has 1 aliphatic heterocycles. The Labute approximate surface area is 170 Å². The number of methoxy groups -OCH3 is 1. The lowest BCUT2D eigenvalue weighted by molar-refractivity contribution is -0.207. The van der Waals surface area contributed by atoms with Gasteiger partial charge in [0.1, 0.15) is 12.4 Å². The maximum absolute atomic E-state index is 13.8. The molecule has 0 aliphatic carbocycles. The van der Waals surface area contributed by atoms with Gasteiger partial charge in [-0.25, -0.2) is 9.69 Å². The lowest BCUT2D eigenvalue weighted by atomic mass is 9.93. The summed E-state index contributed by atoms with van der Waals surface area (Å²) in [5, 5.41) is 10.4. The van der Waals surface area contributed by atoms with Crippen molar-refractivity contribution in [3.8, 4) is 5.75 Å². The Morgan fingerprint density at radius 2 is 1.83 bits per heavy atom. The standard InChI is InChI=1S/C21H20F3NO5/c1-29-16-9-7-14(8-10-16)18(26)17(21(22,23)24)19(27)25-15(12-30-20(25)28)11-13-5-3-2-4-6-13/h2-10,15,17-18,26H,11-12H2,1H3/t15-,17-,18-/m0/s1. The quantitative estimate of drug-likeness (QED) is 0.770. The van der Waals surface area contributed by atoms with Gasteiger partial charge in [0.2, 0.25) is 5.91 Å². The third-order valence-electron chi connectivity index (χ3n) is 4.90. The molecule has 160 valence electrons. The van der Waals surface area contributed by atoms with Gasteiger partial charge in [-0.15, -0.1) is 0 Å². The maximum atomic E-state index is 13.8. The van der Waals surface area contributed by atoms with Crippen LogP contribution in [-0.2, 0) is 16.0 Å². The largest absolute Gasteiger partial charge is 0.497 e. The number of ether oxygens (including phenoxy) is 2. The molecular weight excluding hydrogens is 403 g/mol. The lowest BCUT2D eigenvalue weighted by Crippen LogP contribution is -2.49. The number of hydrogen-bond acceptors (Lipinski definition) is 5. The highest BCUT2D eigenvalue weighted by Gasteiger charge is 2.54. The zero-order chi connectivity index (χ0) is 21.9. The van der Waals surface area contributed by atoms with E-state index in [1.54, 1.807) is 30.3 Å². The Bertz CT molecular complexity index is 886. The number of nitrogens with zero attached hydrogens (tertiary/aromatic N) is 1. The fourth-order valence-electron chi connectivity index (χ4n) is 3.36. The minimum atomic E-state index is -5.09. The number of carbonyl (C=O) groups excluding carboxylic acids is 2. The molecule has 2 amide bonds. The fraction of sp³-hybridized carbons (Fsp3) is 0.333. The predicted octanol–water partition coefficient (Wildman–Crippen LogP) is 3.50. The van der Waals surface area contributed by atoms with E-state index in [4.69, 9.17) is 9.47 Å². The molecule has 2 aromatic carbocycles. The van der Waals surface area contributed by atoms with Crippen molar-refractivity contribution in [2.24, 2.45) is 5.92 Å². The van der Waals surface area contributed by atoms with Crippen molar-refractivity contribution >= 4 is 12.0 Å². The van der Waals surface area contributed by atoms with Crippen molar-refractivity contribution < 1.29 is 37.3 Å². The number of carbonyl (C=O) groups is 2. The average Bonchev–Trinajstić information content (AvgIpc) is 3.07. The molecule has 0 aromatic heterocycles. The first-order valence-electron chi connectivity index (χ1n) is 9.15. The molecule has 6 nitrogen and oxygen atoms in total. The molecule has 3 atom stereocenters. The van der Waals surface area contributed by atoms with Gasteiger partial charge >= 0.3 is 12.3 Å². The van der Waals surface area contributed by atoms with Crippen LogP contribution in [0.15, 0.2) is 54.6 Å². The molecule has 1 saturated heterocycles. The second-order valence-corrected chi connectivity index (χ2v) is 6.87. The van der Waals surface area contributed by atoms with Crippen molar-refractivity contribution in [2.75, 3.05) is 13.7 Å². The Morgan fingerprint density at radius 1 is 1.20 bits per heavy atom. The van der Waals surface area contributed by atoms with Crippen LogP contribution in [0.1, 0.15) is 17.2 Å². The molecule has 3 rings (SSSR count). The number of aliphatic hydroxyl groups is 1. The molecule has 30 heavy (non-hydrogen) atoms. The van der Waals surface area contributed by atoms with Gasteiger partial charge in [0.15, 0.2) is 5.92 Å². The maximum Gasteiger partial charge on any atom is 0.417 e. The Morgan fingerprint density at radius 3 is 2.40 bits per heavy atom. The van der Waals surface area contributed by atoms with Gasteiger partial charge < -0.3 is 14.6 Å². The van der Waals surface area contributed by atoms with Gasteiger partial charge in [0.05, 0.1) is 19.3 Å². The zero-order valence-corrected chi connectivity index (χ0v) is 16.0. The van der Waals surface area contributed by atoms with Crippen molar-refractivity contribution in [3.63, 3.8) is 0 Å². The molecule has 2 aromatic rings. The summed E-state index contributed by atoms with van der Waals surface area (Å²) in [6.07, 6.45) is -8.30. The van der Waals surface area contributed by atoms with Crippen LogP contribution in [0.2, 0.25) is 0 Å². The monoisotopic (exact) mass is 423 g/mol. The highest BCUT2D eigenvalue weighted by molar-refractivity contribution is 5.95. The molecule has 0 unspecified atom stereocenters. The van der Waals surface area contributed by atoms with E-state index >= 15 is 0 Å². The van der Waals surface area contributed by atoms with Crippen molar-refractivity contribution in [3.05, 3.63) is 65.7 Å². The van der Waals surface area contributed by atoms with E-state index in [1.807, 2.05) is 0 Å². The number of rotatable bonds is 6. The lowest BCUT2D eigenvalue weighted by Gasteiger charge is -2.29. The number of alkyl halides is 3. The minimum absolute atomic E-state index is 0.126. The third-order valence-corrected chi connectivity index (χ3v) is 4.90. The zero-order valence-electron chi connectivity index (χ0n) is 16.0. The third kappa shape index (κ3) is 4.56. The van der Waals surface area contributed by atoms with Crippen LogP contribution in [0.25, 0.3) is 0 Å². The smallest absolute Gasteiger partial charge is 0.417 e. The van der Waals surface area contributed by atoms with Crippen molar-refractivity contribution in [2.45, 2.75) is 24.7 Å². The summed E-state index contributed by atoms with van der Waals surface area (Å²) < 4.78 is 51.2. The number of hydrogen-bond donors (Lipinski definition) is 1.